The molecule has 4 heteroatoms. The van der Waals surface area contributed by atoms with Gasteiger partial charge in [-0.25, -0.2) is 0 Å². The Morgan fingerprint density at radius 3 is 2.95 bits per heavy atom. The molecular weight excluding hydrogens is 260 g/mol. The minimum Gasteiger partial charge on any atom is -0.338 e. The average Bonchev–Trinajstić information content (AvgIpc) is 2.39. The number of halogens is 1. The smallest absolute Gasteiger partial charge is 0.219 e. The molecule has 1 aliphatic rings. The molecule has 0 N–H and O–H groups in total. The van der Waals surface area contributed by atoms with Crippen LogP contribution in [0.25, 0.3) is 10.9 Å². The van der Waals surface area contributed by atoms with E-state index < -0.39 is 0 Å². The molecule has 0 unspecified atom stereocenters. The Balaban J connectivity index is 2.18. The highest BCUT2D eigenvalue weighted by Gasteiger charge is 2.23. The topological polar surface area (TPSA) is 33.2 Å². The highest BCUT2D eigenvalue weighted by atomic mass is 35.5. The molecule has 2 heterocycles. The number of aromatic nitrogens is 1. The Kier molecular flexibility index (Phi) is 2.94. The van der Waals surface area contributed by atoms with Crippen molar-refractivity contribution >= 4 is 28.4 Å². The van der Waals surface area contributed by atoms with E-state index in [2.05, 4.69) is 11.1 Å². The summed E-state index contributed by atoms with van der Waals surface area (Å²) in [4.78, 5) is 18.0. The number of carbonyl (C=O) groups is 1. The predicted octanol–water partition coefficient (Wildman–Crippen LogP) is 3.10. The fraction of sp³-hybridized carbons (Fsp3) is 0.333. The molecule has 0 radical (unpaired) electrons. The van der Waals surface area contributed by atoms with Gasteiger partial charge in [0.1, 0.15) is 0 Å². The molecule has 2 aromatic rings. The molecular formula is C15H15ClN2O. The zero-order valence-electron chi connectivity index (χ0n) is 11.0. The van der Waals surface area contributed by atoms with Crippen molar-refractivity contribution in [2.24, 2.45) is 0 Å². The van der Waals surface area contributed by atoms with E-state index in [0.29, 0.717) is 6.54 Å². The van der Waals surface area contributed by atoms with Gasteiger partial charge in [-0.1, -0.05) is 23.2 Å². The Bertz CT molecular complexity index is 681. The Morgan fingerprint density at radius 1 is 1.42 bits per heavy atom. The zero-order chi connectivity index (χ0) is 13.6. The van der Waals surface area contributed by atoms with E-state index in [9.17, 15) is 4.79 Å². The van der Waals surface area contributed by atoms with Crippen molar-refractivity contribution in [3.8, 4) is 0 Å². The summed E-state index contributed by atoms with van der Waals surface area (Å²) >= 11 is 6.52. The van der Waals surface area contributed by atoms with Crippen LogP contribution in [0, 0.1) is 6.92 Å². The summed E-state index contributed by atoms with van der Waals surface area (Å²) < 4.78 is 0. The largest absolute Gasteiger partial charge is 0.338 e. The number of hydrogen-bond donors (Lipinski definition) is 0. The lowest BCUT2D eigenvalue weighted by Crippen LogP contribution is -2.34. The summed E-state index contributed by atoms with van der Waals surface area (Å²) in [5.74, 6) is 0.0889. The van der Waals surface area contributed by atoms with Gasteiger partial charge in [0, 0.05) is 43.1 Å². The number of amides is 1. The van der Waals surface area contributed by atoms with Gasteiger partial charge < -0.3 is 4.90 Å². The van der Waals surface area contributed by atoms with Crippen LogP contribution in [0.15, 0.2) is 18.2 Å². The highest BCUT2D eigenvalue weighted by molar-refractivity contribution is 6.36. The minimum absolute atomic E-state index is 0.0889. The molecule has 3 nitrogen and oxygen atoms in total. The quantitative estimate of drug-likeness (QED) is 0.740. The fourth-order valence-corrected chi connectivity index (χ4v) is 2.89. The zero-order valence-corrected chi connectivity index (χ0v) is 11.8. The van der Waals surface area contributed by atoms with Crippen LogP contribution in [0.1, 0.15) is 23.7 Å². The van der Waals surface area contributed by atoms with Crippen molar-refractivity contribution < 1.29 is 4.79 Å². The van der Waals surface area contributed by atoms with E-state index in [-0.39, 0.29) is 5.91 Å². The molecule has 1 aromatic carbocycles. The van der Waals surface area contributed by atoms with E-state index in [0.717, 1.165) is 45.7 Å². The van der Waals surface area contributed by atoms with Crippen molar-refractivity contribution in [3.05, 3.63) is 40.0 Å². The van der Waals surface area contributed by atoms with Crippen molar-refractivity contribution in [1.29, 1.82) is 0 Å². The van der Waals surface area contributed by atoms with Gasteiger partial charge in [-0.3, -0.25) is 9.78 Å². The van der Waals surface area contributed by atoms with Crippen LogP contribution >= 0.6 is 11.6 Å². The monoisotopic (exact) mass is 274 g/mol. The molecule has 1 amide bonds. The normalized spacial score (nSPS) is 14.6. The third-order valence-corrected chi connectivity index (χ3v) is 4.10. The second-order valence-electron chi connectivity index (χ2n) is 5.06. The number of fused-ring (bicyclic) bond motifs is 2. The molecule has 0 fully saturated rings. The van der Waals surface area contributed by atoms with Crippen molar-refractivity contribution in [3.63, 3.8) is 0 Å². The number of benzene rings is 1. The standard InChI is InChI=1S/C15H15ClN2O/c1-9-3-4-13-11(7-9)15(16)12-8-18(10(2)19)6-5-14(12)17-13/h3-4,7H,5-6,8H2,1-2H3. The van der Waals surface area contributed by atoms with Gasteiger partial charge in [0.25, 0.3) is 0 Å². The van der Waals surface area contributed by atoms with Crippen LogP contribution in [-0.2, 0) is 17.8 Å². The molecule has 0 spiro atoms. The number of carbonyl (C=O) groups excluding carboxylic acids is 1. The molecule has 0 saturated heterocycles. The summed E-state index contributed by atoms with van der Waals surface area (Å²) in [6.45, 7) is 4.93. The number of hydrogen-bond acceptors (Lipinski definition) is 2. The first-order valence-corrected chi connectivity index (χ1v) is 6.77. The van der Waals surface area contributed by atoms with Gasteiger partial charge in [-0.05, 0) is 19.1 Å². The number of aryl methyl sites for hydroxylation is 1. The van der Waals surface area contributed by atoms with Crippen LogP contribution in [-0.4, -0.2) is 22.3 Å². The maximum absolute atomic E-state index is 11.5. The second-order valence-corrected chi connectivity index (χ2v) is 5.44. The van der Waals surface area contributed by atoms with Gasteiger partial charge >= 0.3 is 0 Å². The van der Waals surface area contributed by atoms with Gasteiger partial charge in [0.05, 0.1) is 10.5 Å². The Hall–Kier alpha value is -1.61. The molecule has 0 bridgehead atoms. The molecule has 0 saturated carbocycles. The number of nitrogens with zero attached hydrogens (tertiary/aromatic N) is 2. The minimum atomic E-state index is 0.0889. The van der Waals surface area contributed by atoms with E-state index in [1.807, 2.05) is 24.0 Å². The third kappa shape index (κ3) is 2.08. The summed E-state index contributed by atoms with van der Waals surface area (Å²) in [5, 5.41) is 1.72. The first kappa shape index (κ1) is 12.4. The lowest BCUT2D eigenvalue weighted by Gasteiger charge is -2.28. The maximum atomic E-state index is 11.5. The van der Waals surface area contributed by atoms with Crippen molar-refractivity contribution in [2.45, 2.75) is 26.8 Å². The summed E-state index contributed by atoms with van der Waals surface area (Å²) in [5.41, 5.74) is 4.13. The lowest BCUT2D eigenvalue weighted by atomic mass is 10.0. The Labute approximate surface area is 117 Å². The van der Waals surface area contributed by atoms with E-state index in [1.165, 1.54) is 0 Å². The summed E-state index contributed by atoms with van der Waals surface area (Å²) in [7, 11) is 0. The molecule has 1 aliphatic heterocycles. The van der Waals surface area contributed by atoms with E-state index in [1.54, 1.807) is 6.92 Å². The van der Waals surface area contributed by atoms with Crippen molar-refractivity contribution in [2.75, 3.05) is 6.54 Å². The van der Waals surface area contributed by atoms with Crippen LogP contribution in [0.3, 0.4) is 0 Å². The van der Waals surface area contributed by atoms with Gasteiger partial charge in [-0.2, -0.15) is 0 Å². The number of pyridine rings is 1. The second kappa shape index (κ2) is 4.49. The SMILES string of the molecule is CC(=O)N1CCc2nc3ccc(C)cc3c(Cl)c2C1. The lowest BCUT2D eigenvalue weighted by molar-refractivity contribution is -0.129. The van der Waals surface area contributed by atoms with Gasteiger partial charge in [-0.15, -0.1) is 0 Å². The van der Waals surface area contributed by atoms with Crippen LogP contribution < -0.4 is 0 Å². The van der Waals surface area contributed by atoms with Crippen molar-refractivity contribution in [1.82, 2.24) is 9.88 Å². The summed E-state index contributed by atoms with van der Waals surface area (Å²) in [6.07, 6.45) is 0.776. The highest BCUT2D eigenvalue weighted by Crippen LogP contribution is 2.32. The molecule has 3 rings (SSSR count). The third-order valence-electron chi connectivity index (χ3n) is 3.67. The first-order chi connectivity index (χ1) is 9.06. The fourth-order valence-electron chi connectivity index (χ4n) is 2.57. The molecule has 98 valence electrons. The van der Waals surface area contributed by atoms with E-state index >= 15 is 0 Å². The number of rotatable bonds is 0. The van der Waals surface area contributed by atoms with Crippen LogP contribution in [0.2, 0.25) is 5.02 Å². The predicted molar refractivity (Wildman–Crippen MR) is 76.3 cm³/mol. The first-order valence-electron chi connectivity index (χ1n) is 6.39. The molecule has 0 atom stereocenters. The maximum Gasteiger partial charge on any atom is 0.219 e. The van der Waals surface area contributed by atoms with Gasteiger partial charge in [0.15, 0.2) is 0 Å². The molecule has 1 aromatic heterocycles. The average molecular weight is 275 g/mol. The molecule has 19 heavy (non-hydrogen) atoms. The van der Waals surface area contributed by atoms with E-state index in [4.69, 9.17) is 11.6 Å². The molecule has 0 aliphatic carbocycles. The van der Waals surface area contributed by atoms with Crippen LogP contribution in [0.5, 0.6) is 0 Å². The van der Waals surface area contributed by atoms with Crippen LogP contribution in [0.4, 0.5) is 0 Å². The Morgan fingerprint density at radius 2 is 2.21 bits per heavy atom. The van der Waals surface area contributed by atoms with Gasteiger partial charge in [0.2, 0.25) is 5.91 Å². The summed E-state index contributed by atoms with van der Waals surface area (Å²) in [6, 6.07) is 6.11.